The van der Waals surface area contributed by atoms with Gasteiger partial charge in [-0.2, -0.15) is 0 Å². The highest BCUT2D eigenvalue weighted by Gasteiger charge is 2.27. The number of carbonyl (C=O) groups is 1. The summed E-state index contributed by atoms with van der Waals surface area (Å²) >= 11 is 0. The van der Waals surface area contributed by atoms with Crippen LogP contribution in [0.2, 0.25) is 0 Å². The first-order chi connectivity index (χ1) is 4.83. The van der Waals surface area contributed by atoms with Gasteiger partial charge in [0.1, 0.15) is 6.10 Å². The zero-order valence-corrected chi connectivity index (χ0v) is 5.71. The molecule has 0 saturated carbocycles. The van der Waals surface area contributed by atoms with Crippen LogP contribution in [0.25, 0.3) is 0 Å². The van der Waals surface area contributed by atoms with Crippen LogP contribution >= 0.6 is 0 Å². The molecule has 0 spiro atoms. The highest BCUT2D eigenvalue weighted by molar-refractivity contribution is 5.75. The maximum atomic E-state index is 10.2. The third kappa shape index (κ3) is 1.84. The van der Waals surface area contributed by atoms with Crippen LogP contribution in [-0.4, -0.2) is 25.3 Å². The Morgan fingerprint density at radius 1 is 1.90 bits per heavy atom. The minimum absolute atomic E-state index is 0.00699. The molecule has 0 amide bonds. The number of esters is 1. The Morgan fingerprint density at radius 2 is 2.60 bits per heavy atom. The molecule has 1 aliphatic rings. The van der Waals surface area contributed by atoms with Crippen molar-refractivity contribution in [3.05, 3.63) is 12.7 Å². The summed E-state index contributed by atoms with van der Waals surface area (Å²) < 4.78 is 9.73. The Morgan fingerprint density at radius 3 is 3.10 bits per heavy atom. The summed E-state index contributed by atoms with van der Waals surface area (Å²) in [7, 11) is 0. The van der Waals surface area contributed by atoms with Gasteiger partial charge in [-0.05, 0) is 0 Å². The number of cyclic esters (lactones) is 1. The predicted octanol–water partition coefficient (Wildman–Crippen LogP) is 0.504. The summed E-state index contributed by atoms with van der Waals surface area (Å²) in [5, 5.41) is 0. The molecule has 3 heteroatoms. The molecule has 0 N–H and O–H groups in total. The minimum atomic E-state index is -0.132. The van der Waals surface area contributed by atoms with Crippen LogP contribution in [0, 0.1) is 0 Å². The van der Waals surface area contributed by atoms with Gasteiger partial charge in [0.05, 0.1) is 19.6 Å². The zero-order valence-electron chi connectivity index (χ0n) is 5.71. The van der Waals surface area contributed by atoms with Crippen LogP contribution in [0.4, 0.5) is 0 Å². The van der Waals surface area contributed by atoms with Crippen LogP contribution in [0.15, 0.2) is 12.7 Å². The molecule has 1 saturated heterocycles. The average molecular weight is 142 g/mol. The van der Waals surface area contributed by atoms with E-state index in [1.54, 1.807) is 6.08 Å². The molecule has 0 aliphatic carbocycles. The van der Waals surface area contributed by atoms with Gasteiger partial charge >= 0.3 is 5.97 Å². The summed E-state index contributed by atoms with van der Waals surface area (Å²) in [6, 6.07) is 0. The Labute approximate surface area is 59.6 Å². The molecular formula is C7H10O3. The van der Waals surface area contributed by atoms with Gasteiger partial charge in [0.15, 0.2) is 0 Å². The quantitative estimate of drug-likeness (QED) is 0.326. The fraction of sp³-hybridized carbons (Fsp3) is 0.571. The largest absolute Gasteiger partial charge is 0.459 e. The molecule has 1 atom stereocenters. The van der Waals surface area contributed by atoms with Crippen LogP contribution in [0.3, 0.4) is 0 Å². The topological polar surface area (TPSA) is 35.5 Å². The van der Waals surface area contributed by atoms with Crippen molar-refractivity contribution in [3.8, 4) is 0 Å². The molecule has 1 rings (SSSR count). The number of carbonyl (C=O) groups excluding carboxylic acids is 1. The van der Waals surface area contributed by atoms with Gasteiger partial charge < -0.3 is 9.47 Å². The molecule has 1 heterocycles. The monoisotopic (exact) mass is 142 g/mol. The van der Waals surface area contributed by atoms with E-state index in [0.29, 0.717) is 19.6 Å². The van der Waals surface area contributed by atoms with Gasteiger partial charge in [-0.3, -0.25) is 4.79 Å². The molecule has 10 heavy (non-hydrogen) atoms. The Bertz CT molecular complexity index is 134. The number of hydrogen-bond acceptors (Lipinski definition) is 3. The lowest BCUT2D eigenvalue weighted by Gasteiger charge is -2.24. The second-order valence-electron chi connectivity index (χ2n) is 2.14. The Hall–Kier alpha value is -0.830. The average Bonchev–Trinajstić information content (AvgIpc) is 1.85. The summed E-state index contributed by atoms with van der Waals surface area (Å²) in [6.07, 6.45) is 2.16. The van der Waals surface area contributed by atoms with E-state index in [-0.39, 0.29) is 12.1 Å². The molecule has 56 valence electrons. The molecule has 3 nitrogen and oxygen atoms in total. The van der Waals surface area contributed by atoms with E-state index in [0.717, 1.165) is 0 Å². The summed E-state index contributed by atoms with van der Waals surface area (Å²) in [5.41, 5.74) is 0. The van der Waals surface area contributed by atoms with Gasteiger partial charge in [0.2, 0.25) is 0 Å². The van der Waals surface area contributed by atoms with Crippen LogP contribution in [0.1, 0.15) is 6.42 Å². The van der Waals surface area contributed by atoms with Gasteiger partial charge in [0.25, 0.3) is 0 Å². The van der Waals surface area contributed by atoms with Gasteiger partial charge in [-0.1, -0.05) is 6.08 Å². The standard InChI is InChI=1S/C7H10O3/c1-2-3-9-5-6-4-7(8)10-6/h2,6H,1,3-5H2. The van der Waals surface area contributed by atoms with E-state index >= 15 is 0 Å². The number of ether oxygens (including phenoxy) is 2. The maximum Gasteiger partial charge on any atom is 0.310 e. The van der Waals surface area contributed by atoms with E-state index in [4.69, 9.17) is 4.74 Å². The van der Waals surface area contributed by atoms with Crippen molar-refractivity contribution in [1.82, 2.24) is 0 Å². The SMILES string of the molecule is C=CCOCC1CC(=O)O1. The van der Waals surface area contributed by atoms with E-state index in [9.17, 15) is 4.79 Å². The second-order valence-corrected chi connectivity index (χ2v) is 2.14. The lowest BCUT2D eigenvalue weighted by atomic mass is 10.2. The van der Waals surface area contributed by atoms with E-state index in [1.807, 2.05) is 0 Å². The van der Waals surface area contributed by atoms with Crippen molar-refractivity contribution < 1.29 is 14.3 Å². The van der Waals surface area contributed by atoms with E-state index in [2.05, 4.69) is 11.3 Å². The molecule has 0 bridgehead atoms. The molecule has 0 aromatic heterocycles. The zero-order chi connectivity index (χ0) is 7.40. The third-order valence-electron chi connectivity index (χ3n) is 1.23. The highest BCUT2D eigenvalue weighted by Crippen LogP contribution is 2.12. The van der Waals surface area contributed by atoms with Crippen molar-refractivity contribution in [1.29, 1.82) is 0 Å². The van der Waals surface area contributed by atoms with Gasteiger partial charge in [-0.25, -0.2) is 0 Å². The third-order valence-corrected chi connectivity index (χ3v) is 1.23. The summed E-state index contributed by atoms with van der Waals surface area (Å²) in [6.45, 7) is 4.50. The fourth-order valence-corrected chi connectivity index (χ4v) is 0.738. The number of hydrogen-bond donors (Lipinski definition) is 0. The predicted molar refractivity (Wildman–Crippen MR) is 35.5 cm³/mol. The van der Waals surface area contributed by atoms with Gasteiger partial charge in [0, 0.05) is 0 Å². The highest BCUT2D eigenvalue weighted by atomic mass is 16.6. The van der Waals surface area contributed by atoms with Crippen molar-refractivity contribution in [2.75, 3.05) is 13.2 Å². The molecule has 0 aromatic rings. The Kier molecular flexibility index (Phi) is 2.45. The first-order valence-electron chi connectivity index (χ1n) is 3.21. The lowest BCUT2D eigenvalue weighted by Crippen LogP contribution is -2.36. The molecular weight excluding hydrogens is 132 g/mol. The van der Waals surface area contributed by atoms with Crippen molar-refractivity contribution >= 4 is 5.97 Å². The van der Waals surface area contributed by atoms with Crippen molar-refractivity contribution in [3.63, 3.8) is 0 Å². The normalized spacial score (nSPS) is 23.2. The van der Waals surface area contributed by atoms with Crippen molar-refractivity contribution in [2.24, 2.45) is 0 Å². The Balaban J connectivity index is 1.95. The van der Waals surface area contributed by atoms with Crippen LogP contribution in [-0.2, 0) is 14.3 Å². The van der Waals surface area contributed by atoms with Crippen molar-refractivity contribution in [2.45, 2.75) is 12.5 Å². The molecule has 0 aromatic carbocycles. The smallest absolute Gasteiger partial charge is 0.310 e. The van der Waals surface area contributed by atoms with E-state index < -0.39 is 0 Å². The molecule has 1 aliphatic heterocycles. The fourth-order valence-electron chi connectivity index (χ4n) is 0.738. The van der Waals surface area contributed by atoms with Crippen LogP contribution in [0.5, 0.6) is 0 Å². The maximum absolute atomic E-state index is 10.2. The van der Waals surface area contributed by atoms with Crippen LogP contribution < -0.4 is 0 Å². The summed E-state index contributed by atoms with van der Waals surface area (Å²) in [4.78, 5) is 10.2. The molecule has 1 fully saturated rings. The second kappa shape index (κ2) is 3.37. The first-order valence-corrected chi connectivity index (χ1v) is 3.21. The van der Waals surface area contributed by atoms with Gasteiger partial charge in [-0.15, -0.1) is 6.58 Å². The first kappa shape index (κ1) is 7.28. The molecule has 0 radical (unpaired) electrons. The number of rotatable bonds is 4. The summed E-state index contributed by atoms with van der Waals surface area (Å²) in [5.74, 6) is -0.132. The minimum Gasteiger partial charge on any atom is -0.459 e. The lowest BCUT2D eigenvalue weighted by molar-refractivity contribution is -0.174. The molecule has 1 unspecified atom stereocenters. The van der Waals surface area contributed by atoms with E-state index in [1.165, 1.54) is 0 Å².